The molecule has 4 nitrogen and oxygen atoms in total. The molecule has 0 spiro atoms. The molecule has 0 amide bonds. The Morgan fingerprint density at radius 2 is 2.62 bits per heavy atom. The molecule has 1 rings (SSSR count). The van der Waals surface area contributed by atoms with Crippen LogP contribution in [-0.2, 0) is 11.3 Å². The maximum Gasteiger partial charge on any atom is 0.307 e. The van der Waals surface area contributed by atoms with Gasteiger partial charge in [-0.1, -0.05) is 6.92 Å². The van der Waals surface area contributed by atoms with E-state index < -0.39 is 5.97 Å². The number of nitrogens with zero attached hydrogens (tertiary/aromatic N) is 1. The summed E-state index contributed by atoms with van der Waals surface area (Å²) in [6.07, 6.45) is 1.78. The predicted molar refractivity (Wildman–Crippen MR) is 50.6 cm³/mol. The number of thiazole rings is 1. The lowest BCUT2D eigenvalue weighted by Crippen LogP contribution is -2.25. The SMILES string of the molecule is CC(CNCc1cncs1)C(=O)O. The van der Waals surface area contributed by atoms with Gasteiger partial charge in [0.05, 0.1) is 11.4 Å². The van der Waals surface area contributed by atoms with Gasteiger partial charge in [0.15, 0.2) is 0 Å². The van der Waals surface area contributed by atoms with Gasteiger partial charge in [0.2, 0.25) is 0 Å². The van der Waals surface area contributed by atoms with E-state index in [-0.39, 0.29) is 5.92 Å². The highest BCUT2D eigenvalue weighted by molar-refractivity contribution is 7.09. The molecule has 1 atom stereocenters. The third-order valence-corrected chi connectivity index (χ3v) is 2.43. The lowest BCUT2D eigenvalue weighted by atomic mass is 10.2. The quantitative estimate of drug-likeness (QED) is 0.743. The van der Waals surface area contributed by atoms with E-state index in [1.165, 1.54) is 0 Å². The van der Waals surface area contributed by atoms with Crippen LogP contribution in [0.25, 0.3) is 0 Å². The molecular formula is C8H12N2O2S. The normalized spacial score (nSPS) is 12.7. The number of aromatic nitrogens is 1. The highest BCUT2D eigenvalue weighted by Gasteiger charge is 2.09. The second-order valence-electron chi connectivity index (χ2n) is 2.84. The Kier molecular flexibility index (Phi) is 3.85. The zero-order chi connectivity index (χ0) is 9.68. The Morgan fingerprint density at radius 1 is 1.85 bits per heavy atom. The van der Waals surface area contributed by atoms with Gasteiger partial charge < -0.3 is 10.4 Å². The average Bonchev–Trinajstić information content (AvgIpc) is 2.56. The second kappa shape index (κ2) is 4.94. The Labute approximate surface area is 80.6 Å². The number of hydrogen-bond acceptors (Lipinski definition) is 4. The van der Waals surface area contributed by atoms with Crippen molar-refractivity contribution in [3.8, 4) is 0 Å². The smallest absolute Gasteiger partial charge is 0.307 e. The lowest BCUT2D eigenvalue weighted by molar-refractivity contribution is -0.140. The average molecular weight is 200 g/mol. The molecule has 0 bridgehead atoms. The first-order chi connectivity index (χ1) is 6.20. The van der Waals surface area contributed by atoms with Gasteiger partial charge in [-0.05, 0) is 0 Å². The van der Waals surface area contributed by atoms with Gasteiger partial charge in [-0.25, -0.2) is 0 Å². The van der Waals surface area contributed by atoms with Crippen molar-refractivity contribution in [3.63, 3.8) is 0 Å². The van der Waals surface area contributed by atoms with E-state index in [2.05, 4.69) is 10.3 Å². The van der Waals surface area contributed by atoms with Gasteiger partial charge in [-0.2, -0.15) is 0 Å². The van der Waals surface area contributed by atoms with Gasteiger partial charge in [-0.15, -0.1) is 11.3 Å². The van der Waals surface area contributed by atoms with Crippen molar-refractivity contribution >= 4 is 17.3 Å². The van der Waals surface area contributed by atoms with Crippen LogP contribution < -0.4 is 5.32 Å². The lowest BCUT2D eigenvalue weighted by Gasteiger charge is -2.06. The van der Waals surface area contributed by atoms with Crippen LogP contribution in [0.5, 0.6) is 0 Å². The van der Waals surface area contributed by atoms with Crippen LogP contribution in [0.2, 0.25) is 0 Å². The molecule has 0 saturated heterocycles. The molecular weight excluding hydrogens is 188 g/mol. The van der Waals surface area contributed by atoms with Crippen LogP contribution in [0.15, 0.2) is 11.7 Å². The van der Waals surface area contributed by atoms with Gasteiger partial charge in [0.25, 0.3) is 0 Å². The van der Waals surface area contributed by atoms with Crippen molar-refractivity contribution in [1.82, 2.24) is 10.3 Å². The highest BCUT2D eigenvalue weighted by atomic mass is 32.1. The van der Waals surface area contributed by atoms with E-state index in [0.717, 1.165) is 4.88 Å². The minimum atomic E-state index is -0.767. The summed E-state index contributed by atoms with van der Waals surface area (Å²) in [5, 5.41) is 11.6. The number of carboxylic acid groups (broad SMARTS) is 1. The minimum Gasteiger partial charge on any atom is -0.481 e. The first kappa shape index (κ1) is 10.1. The first-order valence-electron chi connectivity index (χ1n) is 4.01. The van der Waals surface area contributed by atoms with Crippen LogP contribution in [0.3, 0.4) is 0 Å². The van der Waals surface area contributed by atoms with Crippen molar-refractivity contribution in [2.24, 2.45) is 5.92 Å². The summed E-state index contributed by atoms with van der Waals surface area (Å²) in [5.74, 6) is -1.11. The molecule has 2 N–H and O–H groups in total. The monoisotopic (exact) mass is 200 g/mol. The number of hydrogen-bond donors (Lipinski definition) is 2. The molecule has 1 heterocycles. The number of nitrogens with one attached hydrogen (secondary N) is 1. The molecule has 0 radical (unpaired) electrons. The maximum atomic E-state index is 10.4. The fraction of sp³-hybridized carbons (Fsp3) is 0.500. The molecule has 0 fully saturated rings. The van der Waals surface area contributed by atoms with E-state index in [1.807, 2.05) is 0 Å². The van der Waals surface area contributed by atoms with Gasteiger partial charge in [0.1, 0.15) is 0 Å². The maximum absolute atomic E-state index is 10.4. The van der Waals surface area contributed by atoms with E-state index in [4.69, 9.17) is 5.11 Å². The molecule has 0 saturated carbocycles. The number of carboxylic acids is 1. The fourth-order valence-electron chi connectivity index (χ4n) is 0.829. The summed E-state index contributed by atoms with van der Waals surface area (Å²) in [6.45, 7) is 2.87. The summed E-state index contributed by atoms with van der Waals surface area (Å²) < 4.78 is 0. The highest BCUT2D eigenvalue weighted by Crippen LogP contribution is 2.04. The van der Waals surface area contributed by atoms with E-state index in [1.54, 1.807) is 30.0 Å². The zero-order valence-electron chi connectivity index (χ0n) is 7.36. The van der Waals surface area contributed by atoms with Gasteiger partial charge in [-0.3, -0.25) is 9.78 Å². The van der Waals surface area contributed by atoms with E-state index in [0.29, 0.717) is 13.1 Å². The molecule has 1 unspecified atom stereocenters. The van der Waals surface area contributed by atoms with Crippen molar-refractivity contribution in [2.75, 3.05) is 6.54 Å². The summed E-state index contributed by atoms with van der Waals surface area (Å²) in [5.41, 5.74) is 1.76. The van der Waals surface area contributed by atoms with Crippen LogP contribution in [0, 0.1) is 5.92 Å². The van der Waals surface area contributed by atoms with Crippen molar-refractivity contribution in [2.45, 2.75) is 13.5 Å². The molecule has 5 heteroatoms. The summed E-state index contributed by atoms with van der Waals surface area (Å²) in [4.78, 5) is 15.5. The number of aliphatic carboxylic acids is 1. The summed E-state index contributed by atoms with van der Waals surface area (Å²) >= 11 is 1.56. The molecule has 72 valence electrons. The number of carbonyl (C=O) groups is 1. The Bertz CT molecular complexity index is 261. The van der Waals surface area contributed by atoms with E-state index in [9.17, 15) is 4.79 Å². The summed E-state index contributed by atoms with van der Waals surface area (Å²) in [6, 6.07) is 0. The molecule has 1 aromatic rings. The van der Waals surface area contributed by atoms with Crippen molar-refractivity contribution in [3.05, 3.63) is 16.6 Å². The molecule has 0 aromatic carbocycles. The third-order valence-electron chi connectivity index (χ3n) is 1.65. The second-order valence-corrected chi connectivity index (χ2v) is 3.81. The largest absolute Gasteiger partial charge is 0.481 e. The zero-order valence-corrected chi connectivity index (χ0v) is 8.17. The standard InChI is InChI=1S/C8H12N2O2S/c1-6(8(11)12)2-9-3-7-4-10-5-13-7/h4-6,9H,2-3H2,1H3,(H,11,12). The van der Waals surface area contributed by atoms with Crippen LogP contribution in [-0.4, -0.2) is 22.6 Å². The predicted octanol–water partition coefficient (Wildman–Crippen LogP) is 0.953. The Balaban J connectivity index is 2.18. The molecule has 0 aliphatic heterocycles. The Hall–Kier alpha value is -0.940. The fourth-order valence-corrected chi connectivity index (χ4v) is 1.39. The van der Waals surface area contributed by atoms with Gasteiger partial charge >= 0.3 is 5.97 Å². The third kappa shape index (κ3) is 3.52. The van der Waals surface area contributed by atoms with E-state index >= 15 is 0 Å². The van der Waals surface area contributed by atoms with Crippen LogP contribution in [0.4, 0.5) is 0 Å². The van der Waals surface area contributed by atoms with Crippen molar-refractivity contribution < 1.29 is 9.90 Å². The minimum absolute atomic E-state index is 0.340. The number of rotatable bonds is 5. The van der Waals surface area contributed by atoms with Crippen LogP contribution in [0.1, 0.15) is 11.8 Å². The van der Waals surface area contributed by atoms with Crippen molar-refractivity contribution in [1.29, 1.82) is 0 Å². The first-order valence-corrected chi connectivity index (χ1v) is 4.89. The Morgan fingerprint density at radius 3 is 3.15 bits per heavy atom. The topological polar surface area (TPSA) is 62.2 Å². The summed E-state index contributed by atoms with van der Waals surface area (Å²) in [7, 11) is 0. The molecule has 1 aromatic heterocycles. The van der Waals surface area contributed by atoms with Crippen LogP contribution >= 0.6 is 11.3 Å². The van der Waals surface area contributed by atoms with Gasteiger partial charge in [0, 0.05) is 24.2 Å². The molecule has 0 aliphatic carbocycles. The molecule has 0 aliphatic rings. The molecule has 13 heavy (non-hydrogen) atoms.